The largest absolute Gasteiger partial charge is 0.471 e. The lowest BCUT2D eigenvalue weighted by atomic mass is 9.89. The Kier molecular flexibility index (Phi) is 4.42. The Balaban J connectivity index is 1.81. The van der Waals surface area contributed by atoms with Crippen molar-refractivity contribution in [1.29, 1.82) is 0 Å². The fourth-order valence-electron chi connectivity index (χ4n) is 3.79. The van der Waals surface area contributed by atoms with Crippen LogP contribution in [0.25, 0.3) is 0 Å². The first kappa shape index (κ1) is 18.0. The van der Waals surface area contributed by atoms with Gasteiger partial charge in [0.05, 0.1) is 17.8 Å². The SMILES string of the molecule is O=C(N[C@H]1CCCN2c3cc(Cl)ccc3Oc3ccccc3[C@@H]12)C(F)(F)F. The van der Waals surface area contributed by atoms with Gasteiger partial charge in [-0.05, 0) is 37.1 Å². The zero-order chi connectivity index (χ0) is 19.2. The Morgan fingerprint density at radius 2 is 1.96 bits per heavy atom. The van der Waals surface area contributed by atoms with E-state index in [9.17, 15) is 18.0 Å². The highest BCUT2D eigenvalue weighted by molar-refractivity contribution is 6.31. The lowest BCUT2D eigenvalue weighted by Crippen LogP contribution is -2.52. The first-order valence-corrected chi connectivity index (χ1v) is 8.93. The molecular weight excluding hydrogens is 381 g/mol. The van der Waals surface area contributed by atoms with Crippen molar-refractivity contribution in [3.63, 3.8) is 0 Å². The van der Waals surface area contributed by atoms with E-state index in [4.69, 9.17) is 16.3 Å². The van der Waals surface area contributed by atoms with Gasteiger partial charge in [-0.2, -0.15) is 13.2 Å². The summed E-state index contributed by atoms with van der Waals surface area (Å²) in [5.41, 5.74) is 1.44. The molecule has 2 aromatic rings. The van der Waals surface area contributed by atoms with E-state index in [2.05, 4.69) is 5.32 Å². The van der Waals surface area contributed by atoms with E-state index in [0.717, 1.165) is 5.56 Å². The average molecular weight is 397 g/mol. The zero-order valence-corrected chi connectivity index (χ0v) is 14.8. The minimum absolute atomic E-state index is 0.438. The van der Waals surface area contributed by atoms with Gasteiger partial charge in [-0.15, -0.1) is 0 Å². The van der Waals surface area contributed by atoms with Crippen LogP contribution >= 0.6 is 11.6 Å². The maximum Gasteiger partial charge on any atom is 0.471 e. The van der Waals surface area contributed by atoms with Gasteiger partial charge in [0.25, 0.3) is 0 Å². The molecule has 2 aliphatic heterocycles. The number of halogens is 4. The third-order valence-corrected chi connectivity index (χ3v) is 5.13. The van der Waals surface area contributed by atoms with Crippen LogP contribution in [0.4, 0.5) is 18.9 Å². The molecule has 2 aliphatic rings. The number of hydrogen-bond acceptors (Lipinski definition) is 3. The summed E-state index contributed by atoms with van der Waals surface area (Å²) in [5.74, 6) is -0.790. The molecule has 0 spiro atoms. The van der Waals surface area contributed by atoms with Gasteiger partial charge in [0.1, 0.15) is 5.75 Å². The van der Waals surface area contributed by atoms with Crippen molar-refractivity contribution >= 4 is 23.2 Å². The number of carbonyl (C=O) groups is 1. The van der Waals surface area contributed by atoms with Gasteiger partial charge < -0.3 is 15.0 Å². The Morgan fingerprint density at radius 3 is 2.74 bits per heavy atom. The van der Waals surface area contributed by atoms with Crippen LogP contribution in [-0.2, 0) is 4.79 Å². The van der Waals surface area contributed by atoms with Crippen molar-refractivity contribution < 1.29 is 22.7 Å². The fourth-order valence-corrected chi connectivity index (χ4v) is 3.96. The van der Waals surface area contributed by atoms with Crippen molar-refractivity contribution in [2.24, 2.45) is 0 Å². The summed E-state index contributed by atoms with van der Waals surface area (Å²) in [6, 6.07) is 11.2. The Labute approximate surface area is 158 Å². The molecular formula is C19H16ClF3N2O2. The molecule has 1 saturated heterocycles. The first-order chi connectivity index (χ1) is 12.8. The predicted molar refractivity (Wildman–Crippen MR) is 95.3 cm³/mol. The van der Waals surface area contributed by atoms with Crippen molar-refractivity contribution in [1.82, 2.24) is 5.32 Å². The molecule has 0 aliphatic carbocycles. The molecule has 2 aromatic carbocycles. The number of piperidine rings is 1. The van der Waals surface area contributed by atoms with Crippen LogP contribution in [0, 0.1) is 0 Å². The van der Waals surface area contributed by atoms with E-state index in [1.54, 1.807) is 36.4 Å². The Bertz CT molecular complexity index is 887. The number of nitrogens with one attached hydrogen (secondary N) is 1. The number of hydrogen-bond donors (Lipinski definition) is 1. The molecule has 2 heterocycles. The number of amides is 1. The number of carbonyl (C=O) groups excluding carboxylic acids is 1. The Hall–Kier alpha value is -2.41. The summed E-state index contributed by atoms with van der Waals surface area (Å²) in [5, 5.41) is 2.68. The molecule has 1 amide bonds. The minimum Gasteiger partial charge on any atom is -0.455 e. The van der Waals surface area contributed by atoms with Gasteiger partial charge in [0.15, 0.2) is 5.75 Å². The topological polar surface area (TPSA) is 41.6 Å². The highest BCUT2D eigenvalue weighted by atomic mass is 35.5. The van der Waals surface area contributed by atoms with Crippen LogP contribution in [0.5, 0.6) is 11.5 Å². The van der Waals surface area contributed by atoms with Gasteiger partial charge in [0, 0.05) is 17.1 Å². The van der Waals surface area contributed by atoms with E-state index < -0.39 is 24.2 Å². The Morgan fingerprint density at radius 1 is 1.19 bits per heavy atom. The van der Waals surface area contributed by atoms with Crippen LogP contribution in [0.1, 0.15) is 24.4 Å². The number of fused-ring (bicyclic) bond motifs is 5. The lowest BCUT2D eigenvalue weighted by Gasteiger charge is -2.42. The van der Waals surface area contributed by atoms with Gasteiger partial charge in [-0.1, -0.05) is 29.8 Å². The van der Waals surface area contributed by atoms with Gasteiger partial charge in [0.2, 0.25) is 0 Å². The number of rotatable bonds is 1. The quantitative estimate of drug-likeness (QED) is 0.750. The molecule has 0 saturated carbocycles. The molecule has 1 fully saturated rings. The smallest absolute Gasteiger partial charge is 0.455 e. The van der Waals surface area contributed by atoms with Gasteiger partial charge >= 0.3 is 12.1 Å². The summed E-state index contributed by atoms with van der Waals surface area (Å²) < 4.78 is 44.5. The maximum absolute atomic E-state index is 12.8. The highest BCUT2D eigenvalue weighted by Gasteiger charge is 2.44. The molecule has 142 valence electrons. The van der Waals surface area contributed by atoms with Crippen LogP contribution < -0.4 is 15.0 Å². The van der Waals surface area contributed by atoms with Crippen LogP contribution in [0.3, 0.4) is 0 Å². The summed E-state index contributed by atoms with van der Waals surface area (Å²) >= 11 is 6.15. The molecule has 1 N–H and O–H groups in total. The van der Waals surface area contributed by atoms with E-state index >= 15 is 0 Å². The van der Waals surface area contributed by atoms with Crippen LogP contribution in [-0.4, -0.2) is 24.7 Å². The second-order valence-electron chi connectivity index (χ2n) is 6.61. The number of benzene rings is 2. The molecule has 0 radical (unpaired) electrons. The van der Waals surface area contributed by atoms with E-state index in [1.165, 1.54) is 0 Å². The third-order valence-electron chi connectivity index (χ3n) is 4.89. The number of alkyl halides is 3. The molecule has 4 rings (SSSR count). The molecule has 0 bridgehead atoms. The van der Waals surface area contributed by atoms with Crippen molar-refractivity contribution in [3.05, 3.63) is 53.1 Å². The normalized spacial score (nSPS) is 21.3. The fraction of sp³-hybridized carbons (Fsp3) is 0.316. The molecule has 4 nitrogen and oxygen atoms in total. The zero-order valence-electron chi connectivity index (χ0n) is 14.1. The number of para-hydroxylation sites is 1. The molecule has 2 atom stereocenters. The second kappa shape index (κ2) is 6.64. The van der Waals surface area contributed by atoms with Crippen molar-refractivity contribution in [2.45, 2.75) is 31.1 Å². The standard InChI is InChI=1S/C19H16ClF3N2O2/c20-11-7-8-16-14(10-11)25-9-3-5-13(24-18(26)19(21,22)23)17(25)12-4-1-2-6-15(12)27-16/h1-2,4,6-8,10,13,17H,3,5,9H2,(H,24,26)/t13-,17-/m0/s1. The van der Waals surface area contributed by atoms with E-state index in [1.807, 2.05) is 11.0 Å². The molecule has 0 aromatic heterocycles. The van der Waals surface area contributed by atoms with E-state index in [0.29, 0.717) is 41.6 Å². The number of ether oxygens (including phenoxy) is 1. The van der Waals surface area contributed by atoms with Crippen molar-refractivity contribution in [2.75, 3.05) is 11.4 Å². The number of anilines is 1. The number of nitrogens with zero attached hydrogens (tertiary/aromatic N) is 1. The summed E-state index contributed by atoms with van der Waals surface area (Å²) in [7, 11) is 0. The van der Waals surface area contributed by atoms with E-state index in [-0.39, 0.29) is 0 Å². The first-order valence-electron chi connectivity index (χ1n) is 8.55. The third kappa shape index (κ3) is 3.32. The monoisotopic (exact) mass is 396 g/mol. The summed E-state index contributed by atoms with van der Waals surface area (Å²) in [4.78, 5) is 13.6. The van der Waals surface area contributed by atoms with Gasteiger partial charge in [-0.3, -0.25) is 4.79 Å². The lowest BCUT2D eigenvalue weighted by molar-refractivity contribution is -0.174. The second-order valence-corrected chi connectivity index (χ2v) is 7.05. The summed E-state index contributed by atoms with van der Waals surface area (Å²) in [6.45, 7) is 0.619. The van der Waals surface area contributed by atoms with Gasteiger partial charge in [-0.25, -0.2) is 0 Å². The van der Waals surface area contributed by atoms with Crippen molar-refractivity contribution in [3.8, 4) is 11.5 Å². The molecule has 8 heteroatoms. The molecule has 27 heavy (non-hydrogen) atoms. The maximum atomic E-state index is 12.8. The highest BCUT2D eigenvalue weighted by Crippen LogP contribution is 2.48. The molecule has 0 unspecified atom stereocenters. The van der Waals surface area contributed by atoms with Crippen LogP contribution in [0.15, 0.2) is 42.5 Å². The van der Waals surface area contributed by atoms with Crippen LogP contribution in [0.2, 0.25) is 5.02 Å². The summed E-state index contributed by atoms with van der Waals surface area (Å²) in [6.07, 6.45) is -3.86. The average Bonchev–Trinajstić information content (AvgIpc) is 2.76. The minimum atomic E-state index is -4.93. The predicted octanol–water partition coefficient (Wildman–Crippen LogP) is 4.83.